The van der Waals surface area contributed by atoms with Gasteiger partial charge < -0.3 is 14.6 Å². The number of esters is 1. The lowest BCUT2D eigenvalue weighted by molar-refractivity contribution is -0.246. The van der Waals surface area contributed by atoms with Crippen molar-refractivity contribution < 1.29 is 19.4 Å². The fourth-order valence-electron chi connectivity index (χ4n) is 12.0. The lowest BCUT2D eigenvalue weighted by Crippen LogP contribution is -2.69. The Morgan fingerprint density at radius 2 is 1.56 bits per heavy atom. The standard InChI is InChI=1S/C30H46O4/c1-24(2)12-14-29-15-13-28(7)27(6)11-8-18-25(3,4)20(32)9-10-26(18,5)21(27)22(34-23(29)33)30(28,17-31)19(29)16-24/h17-22,32H,8-16H2,1-7H3/t18-,19+,20-,21+,22+,26-,27+,28-,29-,30+/m0/s1. The van der Waals surface area contributed by atoms with Crippen LogP contribution < -0.4 is 0 Å². The molecular weight excluding hydrogens is 424 g/mol. The summed E-state index contributed by atoms with van der Waals surface area (Å²) in [6.07, 6.45) is 9.22. The molecule has 4 heteroatoms. The zero-order valence-corrected chi connectivity index (χ0v) is 22.5. The van der Waals surface area contributed by atoms with E-state index in [-0.39, 0.29) is 57.1 Å². The van der Waals surface area contributed by atoms with Crippen molar-refractivity contribution in [2.45, 2.75) is 118 Å². The molecule has 0 aromatic carbocycles. The third kappa shape index (κ3) is 2.20. The number of aldehydes is 1. The van der Waals surface area contributed by atoms with Crippen LogP contribution in [0.1, 0.15) is 106 Å². The normalized spacial score (nSPS) is 58.7. The SMILES string of the molecule is CC1(C)CC[C@@]23CC[C@]4(C)[C@@](C=O)([C@H](OC2=O)[C@@H]2[C@@]5(C)CC[C@H](O)C(C)(C)[C@@H]5CC[C@]24C)[C@@H]3C1. The summed E-state index contributed by atoms with van der Waals surface area (Å²) in [4.78, 5) is 27.6. The molecule has 10 atom stereocenters. The van der Waals surface area contributed by atoms with Crippen LogP contribution in [-0.4, -0.2) is 29.6 Å². The molecule has 0 aromatic rings. The minimum Gasteiger partial charge on any atom is -0.461 e. The van der Waals surface area contributed by atoms with Crippen molar-refractivity contribution in [2.75, 3.05) is 0 Å². The summed E-state index contributed by atoms with van der Waals surface area (Å²) in [5.41, 5.74) is -1.39. The van der Waals surface area contributed by atoms with E-state index in [4.69, 9.17) is 4.74 Å². The molecule has 0 radical (unpaired) electrons. The summed E-state index contributed by atoms with van der Waals surface area (Å²) >= 11 is 0. The minimum absolute atomic E-state index is 0.00241. The molecule has 1 heterocycles. The fourth-order valence-corrected chi connectivity index (χ4v) is 12.0. The van der Waals surface area contributed by atoms with Gasteiger partial charge in [0.15, 0.2) is 0 Å². The highest BCUT2D eigenvalue weighted by Crippen LogP contribution is 2.84. The first kappa shape index (κ1) is 23.5. The quantitative estimate of drug-likeness (QED) is 0.380. The van der Waals surface area contributed by atoms with Gasteiger partial charge in [0.25, 0.3) is 0 Å². The van der Waals surface area contributed by atoms with E-state index in [0.717, 1.165) is 57.8 Å². The van der Waals surface area contributed by atoms with Gasteiger partial charge in [0, 0.05) is 5.92 Å². The van der Waals surface area contributed by atoms with Gasteiger partial charge in [0.1, 0.15) is 12.4 Å². The number of fused-ring (bicyclic) bond motifs is 5. The van der Waals surface area contributed by atoms with Gasteiger partial charge >= 0.3 is 5.97 Å². The highest BCUT2D eigenvalue weighted by atomic mass is 16.6. The Hall–Kier alpha value is -0.900. The Labute approximate surface area is 206 Å². The Bertz CT molecular complexity index is 953. The Balaban J connectivity index is 1.59. The molecule has 34 heavy (non-hydrogen) atoms. The van der Waals surface area contributed by atoms with Crippen LogP contribution in [0, 0.1) is 55.7 Å². The summed E-state index contributed by atoms with van der Waals surface area (Å²) in [6.45, 7) is 16.4. The second kappa shape index (κ2) is 6.32. The van der Waals surface area contributed by atoms with Gasteiger partial charge in [-0.05, 0) is 96.7 Å². The molecule has 5 saturated carbocycles. The van der Waals surface area contributed by atoms with Gasteiger partial charge in [0.2, 0.25) is 0 Å². The maximum absolute atomic E-state index is 14.0. The molecule has 6 fully saturated rings. The first-order valence-corrected chi connectivity index (χ1v) is 14.0. The molecule has 0 amide bonds. The molecular formula is C30H46O4. The van der Waals surface area contributed by atoms with Crippen LogP contribution in [0.5, 0.6) is 0 Å². The van der Waals surface area contributed by atoms with Gasteiger partial charge in [-0.25, -0.2) is 0 Å². The molecule has 1 N–H and O–H groups in total. The van der Waals surface area contributed by atoms with Gasteiger partial charge in [0.05, 0.1) is 16.9 Å². The molecule has 2 bridgehead atoms. The molecule has 0 unspecified atom stereocenters. The maximum atomic E-state index is 14.0. The molecule has 190 valence electrons. The van der Waals surface area contributed by atoms with Gasteiger partial charge in [-0.1, -0.05) is 48.5 Å². The van der Waals surface area contributed by atoms with E-state index in [9.17, 15) is 14.7 Å². The third-order valence-corrected chi connectivity index (χ3v) is 14.0. The fraction of sp³-hybridized carbons (Fsp3) is 0.933. The molecule has 6 aliphatic rings. The number of rotatable bonds is 1. The van der Waals surface area contributed by atoms with Crippen LogP contribution >= 0.6 is 0 Å². The highest BCUT2D eigenvalue weighted by Gasteiger charge is 2.85. The summed E-state index contributed by atoms with van der Waals surface area (Å²) in [5.74, 6) is 0.605. The molecule has 5 aliphatic carbocycles. The minimum atomic E-state index is -0.603. The predicted molar refractivity (Wildman–Crippen MR) is 131 cm³/mol. The maximum Gasteiger partial charge on any atom is 0.312 e. The van der Waals surface area contributed by atoms with E-state index >= 15 is 0 Å². The van der Waals surface area contributed by atoms with E-state index in [1.54, 1.807) is 0 Å². The van der Waals surface area contributed by atoms with Crippen molar-refractivity contribution in [3.05, 3.63) is 0 Å². The van der Waals surface area contributed by atoms with Crippen LogP contribution in [0.2, 0.25) is 0 Å². The van der Waals surface area contributed by atoms with Crippen molar-refractivity contribution in [3.8, 4) is 0 Å². The van der Waals surface area contributed by atoms with Crippen LogP contribution in [-0.2, 0) is 14.3 Å². The second-order valence-electron chi connectivity index (χ2n) is 15.7. The Morgan fingerprint density at radius 3 is 2.24 bits per heavy atom. The van der Waals surface area contributed by atoms with Crippen LogP contribution in [0.3, 0.4) is 0 Å². The average molecular weight is 471 g/mol. The van der Waals surface area contributed by atoms with Crippen molar-refractivity contribution in [2.24, 2.45) is 55.7 Å². The molecule has 1 aliphatic heterocycles. The number of aliphatic hydroxyl groups excluding tert-OH is 1. The van der Waals surface area contributed by atoms with E-state index in [1.165, 1.54) is 6.29 Å². The van der Waals surface area contributed by atoms with Gasteiger partial charge in [-0.15, -0.1) is 0 Å². The van der Waals surface area contributed by atoms with Crippen LogP contribution in [0.4, 0.5) is 0 Å². The van der Waals surface area contributed by atoms with Gasteiger partial charge in [-0.3, -0.25) is 4.79 Å². The number of ether oxygens (including phenoxy) is 1. The first-order valence-electron chi connectivity index (χ1n) is 14.0. The average Bonchev–Trinajstić information content (AvgIpc) is 2.94. The van der Waals surface area contributed by atoms with Crippen molar-refractivity contribution >= 4 is 12.3 Å². The Kier molecular flexibility index (Phi) is 4.37. The van der Waals surface area contributed by atoms with E-state index in [1.807, 2.05) is 0 Å². The number of carbonyl (C=O) groups is 2. The molecule has 6 rings (SSSR count). The summed E-state index contributed by atoms with van der Waals surface area (Å²) in [5, 5.41) is 11.0. The van der Waals surface area contributed by atoms with Crippen LogP contribution in [0.25, 0.3) is 0 Å². The van der Waals surface area contributed by atoms with E-state index in [2.05, 4.69) is 48.5 Å². The predicted octanol–water partition coefficient (Wildman–Crippen LogP) is 5.94. The summed E-state index contributed by atoms with van der Waals surface area (Å²) in [7, 11) is 0. The van der Waals surface area contributed by atoms with Gasteiger partial charge in [-0.2, -0.15) is 0 Å². The molecule has 4 nitrogen and oxygen atoms in total. The lowest BCUT2D eigenvalue weighted by atomic mass is 9.37. The van der Waals surface area contributed by atoms with E-state index in [0.29, 0.717) is 5.92 Å². The van der Waals surface area contributed by atoms with E-state index < -0.39 is 10.8 Å². The zero-order chi connectivity index (χ0) is 24.7. The zero-order valence-electron chi connectivity index (χ0n) is 22.5. The monoisotopic (exact) mass is 470 g/mol. The smallest absolute Gasteiger partial charge is 0.312 e. The first-order chi connectivity index (χ1) is 15.7. The molecule has 0 spiro atoms. The molecule has 1 saturated heterocycles. The van der Waals surface area contributed by atoms with Crippen molar-refractivity contribution in [1.29, 1.82) is 0 Å². The largest absolute Gasteiger partial charge is 0.461 e. The number of aliphatic hydroxyl groups is 1. The number of hydrogen-bond acceptors (Lipinski definition) is 4. The topological polar surface area (TPSA) is 63.6 Å². The second-order valence-corrected chi connectivity index (χ2v) is 15.7. The molecule has 0 aromatic heterocycles. The lowest BCUT2D eigenvalue weighted by Gasteiger charge is -2.66. The van der Waals surface area contributed by atoms with Crippen LogP contribution in [0.15, 0.2) is 0 Å². The van der Waals surface area contributed by atoms with Crippen molar-refractivity contribution in [3.63, 3.8) is 0 Å². The Morgan fingerprint density at radius 1 is 0.882 bits per heavy atom. The van der Waals surface area contributed by atoms with Crippen molar-refractivity contribution in [1.82, 2.24) is 0 Å². The number of hydrogen-bond donors (Lipinski definition) is 1. The number of carbonyl (C=O) groups excluding carboxylic acids is 2. The summed E-state index contributed by atoms with van der Waals surface area (Å²) < 4.78 is 6.64. The summed E-state index contributed by atoms with van der Waals surface area (Å²) in [6, 6.07) is 0. The third-order valence-electron chi connectivity index (χ3n) is 14.0. The highest BCUT2D eigenvalue weighted by molar-refractivity contribution is 5.83.